The third-order valence-electron chi connectivity index (χ3n) is 3.09. The largest absolute Gasteiger partial charge is 0.493 e. The van der Waals surface area contributed by atoms with Crippen molar-refractivity contribution in [3.8, 4) is 11.5 Å². The molecule has 1 aliphatic rings. The number of methoxy groups -OCH3 is 1. The third kappa shape index (κ3) is 3.75. The minimum Gasteiger partial charge on any atom is -0.493 e. The summed E-state index contributed by atoms with van der Waals surface area (Å²) in [4.78, 5) is 0. The number of hydrogen-bond donors (Lipinski definition) is 1. The maximum Gasteiger partial charge on any atom is 0.166 e. The summed E-state index contributed by atoms with van der Waals surface area (Å²) in [5, 5.41) is 3.76. The van der Waals surface area contributed by atoms with Gasteiger partial charge in [-0.1, -0.05) is 11.6 Å². The Kier molecular flexibility index (Phi) is 5.31. The molecule has 1 aliphatic heterocycles. The van der Waals surface area contributed by atoms with Crippen LogP contribution in [0, 0.1) is 0 Å². The molecule has 1 atom stereocenters. The summed E-state index contributed by atoms with van der Waals surface area (Å²) in [6.45, 7) is 2.13. The molecule has 1 unspecified atom stereocenters. The van der Waals surface area contributed by atoms with Crippen molar-refractivity contribution in [3.05, 3.63) is 22.7 Å². The molecule has 1 aromatic carbocycles. The van der Waals surface area contributed by atoms with Gasteiger partial charge in [0.25, 0.3) is 0 Å². The molecule has 0 amide bonds. The van der Waals surface area contributed by atoms with E-state index in [1.54, 1.807) is 13.2 Å². The van der Waals surface area contributed by atoms with Gasteiger partial charge in [0.15, 0.2) is 11.5 Å². The van der Waals surface area contributed by atoms with E-state index in [0.717, 1.165) is 30.8 Å². The average Bonchev–Trinajstić information content (AvgIpc) is 2.43. The number of benzene rings is 1. The van der Waals surface area contributed by atoms with Crippen molar-refractivity contribution in [2.75, 3.05) is 27.4 Å². The first-order valence-corrected chi connectivity index (χ1v) is 6.87. The van der Waals surface area contributed by atoms with Crippen LogP contribution in [0.4, 0.5) is 0 Å². The normalized spacial score (nSPS) is 19.2. The highest BCUT2D eigenvalue weighted by Crippen LogP contribution is 2.36. The predicted molar refractivity (Wildman–Crippen MR) is 75.2 cm³/mol. The first kappa shape index (κ1) is 14.4. The van der Waals surface area contributed by atoms with Crippen LogP contribution in [0.2, 0.25) is 5.02 Å². The van der Waals surface area contributed by atoms with E-state index < -0.39 is 0 Å². The van der Waals surface area contributed by atoms with E-state index >= 15 is 0 Å². The average molecular weight is 286 g/mol. The maximum atomic E-state index is 6.09. The molecule has 1 fully saturated rings. The summed E-state index contributed by atoms with van der Waals surface area (Å²) in [6, 6.07) is 3.68. The molecule has 0 saturated carbocycles. The van der Waals surface area contributed by atoms with Crippen LogP contribution in [0.15, 0.2) is 12.1 Å². The summed E-state index contributed by atoms with van der Waals surface area (Å²) in [5.41, 5.74) is 0.998. The Morgan fingerprint density at radius 3 is 2.95 bits per heavy atom. The van der Waals surface area contributed by atoms with Crippen molar-refractivity contribution in [2.45, 2.75) is 25.5 Å². The van der Waals surface area contributed by atoms with E-state index in [1.165, 1.54) is 0 Å². The highest BCUT2D eigenvalue weighted by molar-refractivity contribution is 6.30. The van der Waals surface area contributed by atoms with Gasteiger partial charge in [-0.3, -0.25) is 0 Å². The summed E-state index contributed by atoms with van der Waals surface area (Å²) >= 11 is 6.09. The van der Waals surface area contributed by atoms with Crippen LogP contribution in [0.1, 0.15) is 18.4 Å². The second kappa shape index (κ2) is 6.98. The minimum atomic E-state index is 0.0828. The quantitative estimate of drug-likeness (QED) is 0.903. The van der Waals surface area contributed by atoms with E-state index in [1.807, 2.05) is 13.1 Å². The smallest absolute Gasteiger partial charge is 0.166 e. The van der Waals surface area contributed by atoms with Gasteiger partial charge in [0.2, 0.25) is 0 Å². The summed E-state index contributed by atoms with van der Waals surface area (Å²) in [7, 11) is 3.51. The molecule has 106 valence electrons. The predicted octanol–water partition coefficient (Wildman–Crippen LogP) is 2.63. The highest BCUT2D eigenvalue weighted by atomic mass is 35.5. The van der Waals surface area contributed by atoms with Gasteiger partial charge in [-0.2, -0.15) is 0 Å². The van der Waals surface area contributed by atoms with Gasteiger partial charge in [-0.25, -0.2) is 0 Å². The number of hydrogen-bond acceptors (Lipinski definition) is 4. The monoisotopic (exact) mass is 285 g/mol. The lowest BCUT2D eigenvalue weighted by atomic mass is 10.1. The van der Waals surface area contributed by atoms with Crippen molar-refractivity contribution in [1.82, 2.24) is 5.32 Å². The molecule has 5 heteroatoms. The van der Waals surface area contributed by atoms with Crippen LogP contribution in [-0.2, 0) is 11.3 Å². The lowest BCUT2D eigenvalue weighted by Crippen LogP contribution is -2.28. The molecular weight excluding hydrogens is 266 g/mol. The van der Waals surface area contributed by atoms with Gasteiger partial charge in [-0.05, 0) is 26.0 Å². The van der Waals surface area contributed by atoms with Crippen molar-refractivity contribution in [1.29, 1.82) is 0 Å². The van der Waals surface area contributed by atoms with Gasteiger partial charge in [0, 0.05) is 29.8 Å². The summed E-state index contributed by atoms with van der Waals surface area (Å²) in [6.07, 6.45) is 2.12. The van der Waals surface area contributed by atoms with Gasteiger partial charge in [-0.15, -0.1) is 0 Å². The van der Waals surface area contributed by atoms with Crippen LogP contribution < -0.4 is 14.8 Å². The van der Waals surface area contributed by atoms with Crippen LogP contribution in [0.25, 0.3) is 0 Å². The zero-order valence-corrected chi connectivity index (χ0v) is 12.1. The molecule has 0 aromatic heterocycles. The Hall–Kier alpha value is -0.970. The first-order chi connectivity index (χ1) is 9.24. The fourth-order valence-corrected chi connectivity index (χ4v) is 2.43. The Bertz CT molecular complexity index is 419. The fourth-order valence-electron chi connectivity index (χ4n) is 2.20. The molecular formula is C14H20ClNO3. The molecule has 0 radical (unpaired) electrons. The lowest BCUT2D eigenvalue weighted by Gasteiger charge is -2.25. The van der Waals surface area contributed by atoms with Gasteiger partial charge >= 0.3 is 0 Å². The van der Waals surface area contributed by atoms with Crippen molar-refractivity contribution in [3.63, 3.8) is 0 Å². The number of nitrogens with one attached hydrogen (secondary N) is 1. The second-order valence-electron chi connectivity index (χ2n) is 4.58. The van der Waals surface area contributed by atoms with E-state index in [9.17, 15) is 0 Å². The molecule has 1 heterocycles. The van der Waals surface area contributed by atoms with Crippen LogP contribution >= 0.6 is 11.6 Å². The first-order valence-electron chi connectivity index (χ1n) is 6.50. The maximum absolute atomic E-state index is 6.09. The Balaban J connectivity index is 2.24. The molecule has 1 N–H and O–H groups in total. The minimum absolute atomic E-state index is 0.0828. The number of halogens is 1. The van der Waals surface area contributed by atoms with Crippen LogP contribution in [-0.4, -0.2) is 33.5 Å². The Labute approximate surface area is 119 Å². The highest BCUT2D eigenvalue weighted by Gasteiger charge is 2.20. The molecule has 2 rings (SSSR count). The molecule has 0 spiro atoms. The van der Waals surface area contributed by atoms with E-state index in [4.69, 9.17) is 25.8 Å². The van der Waals surface area contributed by atoms with Crippen LogP contribution in [0.3, 0.4) is 0 Å². The van der Waals surface area contributed by atoms with Gasteiger partial charge in [0.1, 0.15) is 6.10 Å². The SMILES string of the molecule is CNCc1cc(Cl)cc(OC)c1OC1CCCOC1. The Morgan fingerprint density at radius 2 is 2.32 bits per heavy atom. The number of ether oxygens (including phenoxy) is 3. The van der Waals surface area contributed by atoms with E-state index in [0.29, 0.717) is 23.9 Å². The standard InChI is InChI=1S/C14H20ClNO3/c1-16-8-10-6-11(15)7-13(17-2)14(10)19-12-4-3-5-18-9-12/h6-7,12,16H,3-5,8-9H2,1-2H3. The molecule has 0 bridgehead atoms. The molecule has 0 aliphatic carbocycles. The van der Waals surface area contributed by atoms with Crippen LogP contribution in [0.5, 0.6) is 11.5 Å². The topological polar surface area (TPSA) is 39.7 Å². The molecule has 19 heavy (non-hydrogen) atoms. The third-order valence-corrected chi connectivity index (χ3v) is 3.30. The zero-order chi connectivity index (χ0) is 13.7. The molecule has 1 saturated heterocycles. The van der Waals surface area contributed by atoms with Gasteiger partial charge in [0.05, 0.1) is 13.7 Å². The molecule has 4 nitrogen and oxygen atoms in total. The fraction of sp³-hybridized carbons (Fsp3) is 0.571. The zero-order valence-electron chi connectivity index (χ0n) is 11.4. The van der Waals surface area contributed by atoms with Gasteiger partial charge < -0.3 is 19.5 Å². The molecule has 1 aromatic rings. The second-order valence-corrected chi connectivity index (χ2v) is 5.02. The number of rotatable bonds is 5. The van der Waals surface area contributed by atoms with Crippen molar-refractivity contribution >= 4 is 11.6 Å². The van der Waals surface area contributed by atoms with Crippen molar-refractivity contribution in [2.24, 2.45) is 0 Å². The lowest BCUT2D eigenvalue weighted by molar-refractivity contribution is 0.00601. The van der Waals surface area contributed by atoms with E-state index in [-0.39, 0.29) is 6.10 Å². The summed E-state index contributed by atoms with van der Waals surface area (Å²) < 4.78 is 16.9. The van der Waals surface area contributed by atoms with Crippen molar-refractivity contribution < 1.29 is 14.2 Å². The summed E-state index contributed by atoms with van der Waals surface area (Å²) in [5.74, 6) is 1.43. The van der Waals surface area contributed by atoms with E-state index in [2.05, 4.69) is 5.32 Å². The Morgan fingerprint density at radius 1 is 1.47 bits per heavy atom.